The van der Waals surface area contributed by atoms with Crippen LogP contribution in [0.15, 0.2) is 84.2 Å². The molecular formula is C22H18N4O2. The minimum absolute atomic E-state index is 0.355. The Bertz CT molecular complexity index is 1050. The minimum atomic E-state index is -0.940. The Labute approximate surface area is 162 Å². The predicted molar refractivity (Wildman–Crippen MR) is 109 cm³/mol. The summed E-state index contributed by atoms with van der Waals surface area (Å²) in [7, 11) is 0. The normalized spacial score (nSPS) is 16.0. The number of hydrazone groups is 1. The maximum Gasteiger partial charge on any atom is 0.265 e. The number of para-hydroxylation sites is 1. The first-order chi connectivity index (χ1) is 13.6. The fourth-order valence-electron chi connectivity index (χ4n) is 3.16. The molecule has 1 unspecified atom stereocenters. The van der Waals surface area contributed by atoms with E-state index in [2.05, 4.69) is 15.4 Å². The molecule has 1 aromatic heterocycles. The van der Waals surface area contributed by atoms with E-state index in [0.717, 1.165) is 11.1 Å². The van der Waals surface area contributed by atoms with E-state index in [1.807, 2.05) is 48.5 Å². The monoisotopic (exact) mass is 370 g/mol. The zero-order valence-corrected chi connectivity index (χ0v) is 15.2. The minimum Gasteiger partial charge on any atom is -0.325 e. The van der Waals surface area contributed by atoms with Crippen LogP contribution in [0.2, 0.25) is 0 Å². The Balaban J connectivity index is 1.53. The molecule has 4 rings (SSSR count). The largest absolute Gasteiger partial charge is 0.325 e. The Morgan fingerprint density at radius 1 is 0.964 bits per heavy atom. The Morgan fingerprint density at radius 2 is 1.71 bits per heavy atom. The molecule has 3 aromatic rings. The van der Waals surface area contributed by atoms with E-state index >= 15 is 0 Å². The summed E-state index contributed by atoms with van der Waals surface area (Å²) in [6.45, 7) is 1.69. The van der Waals surface area contributed by atoms with Gasteiger partial charge in [0.25, 0.3) is 5.91 Å². The van der Waals surface area contributed by atoms with Crippen LogP contribution in [0, 0.1) is 5.92 Å². The number of pyridine rings is 1. The molecule has 2 aromatic carbocycles. The molecule has 1 aliphatic rings. The highest BCUT2D eigenvalue weighted by molar-refractivity contribution is 6.28. The van der Waals surface area contributed by atoms with Crippen LogP contribution >= 0.6 is 0 Å². The zero-order chi connectivity index (χ0) is 19.5. The van der Waals surface area contributed by atoms with Crippen molar-refractivity contribution in [1.82, 2.24) is 4.98 Å². The molecule has 1 aliphatic heterocycles. The number of carbonyl (C=O) groups is 2. The van der Waals surface area contributed by atoms with Crippen molar-refractivity contribution in [3.05, 3.63) is 79.1 Å². The standard InChI is InChI=1S/C22H18N4O2/c1-15-20(22(28)26(25-15)19-8-3-2-4-9-19)21(27)24-18-7-5-6-17(14-18)16-10-12-23-13-11-16/h2-14,20H,1H3,(H,24,27). The molecule has 0 saturated carbocycles. The first-order valence-corrected chi connectivity index (χ1v) is 8.89. The molecule has 0 spiro atoms. The molecule has 6 nitrogen and oxygen atoms in total. The van der Waals surface area contributed by atoms with Gasteiger partial charge in [0.2, 0.25) is 5.91 Å². The molecule has 28 heavy (non-hydrogen) atoms. The van der Waals surface area contributed by atoms with E-state index in [0.29, 0.717) is 17.1 Å². The summed E-state index contributed by atoms with van der Waals surface area (Å²) >= 11 is 0. The highest BCUT2D eigenvalue weighted by atomic mass is 16.2. The third-order valence-corrected chi connectivity index (χ3v) is 4.54. The first kappa shape index (κ1) is 17.6. The number of anilines is 2. The van der Waals surface area contributed by atoms with E-state index in [9.17, 15) is 9.59 Å². The fourth-order valence-corrected chi connectivity index (χ4v) is 3.16. The van der Waals surface area contributed by atoms with Crippen LogP contribution in [-0.2, 0) is 9.59 Å². The maximum absolute atomic E-state index is 12.8. The topological polar surface area (TPSA) is 74.7 Å². The SMILES string of the molecule is CC1=NN(c2ccccc2)C(=O)C1C(=O)Nc1cccc(-c2ccncc2)c1. The second-order valence-electron chi connectivity index (χ2n) is 6.47. The van der Waals surface area contributed by atoms with Gasteiger partial charge in [0.15, 0.2) is 5.92 Å². The number of nitrogens with zero attached hydrogens (tertiary/aromatic N) is 3. The van der Waals surface area contributed by atoms with Crippen molar-refractivity contribution in [2.45, 2.75) is 6.92 Å². The third-order valence-electron chi connectivity index (χ3n) is 4.54. The van der Waals surface area contributed by atoms with Gasteiger partial charge in [-0.1, -0.05) is 30.3 Å². The smallest absolute Gasteiger partial charge is 0.265 e. The van der Waals surface area contributed by atoms with Crippen LogP contribution in [-0.4, -0.2) is 22.5 Å². The zero-order valence-electron chi connectivity index (χ0n) is 15.2. The van der Waals surface area contributed by atoms with Gasteiger partial charge in [0.1, 0.15) is 0 Å². The van der Waals surface area contributed by atoms with Crippen LogP contribution < -0.4 is 10.3 Å². The van der Waals surface area contributed by atoms with Gasteiger partial charge in [-0.3, -0.25) is 14.6 Å². The van der Waals surface area contributed by atoms with Crippen LogP contribution in [0.3, 0.4) is 0 Å². The molecule has 0 radical (unpaired) electrons. The Morgan fingerprint density at radius 3 is 2.46 bits per heavy atom. The summed E-state index contributed by atoms with van der Waals surface area (Å²) in [6, 6.07) is 20.4. The number of hydrogen-bond acceptors (Lipinski definition) is 4. The molecule has 1 N–H and O–H groups in total. The molecule has 2 amide bonds. The average Bonchev–Trinajstić information content (AvgIpc) is 3.03. The highest BCUT2D eigenvalue weighted by Crippen LogP contribution is 2.26. The Hall–Kier alpha value is -3.80. The average molecular weight is 370 g/mol. The van der Waals surface area contributed by atoms with Crippen molar-refractivity contribution in [2.75, 3.05) is 10.3 Å². The van der Waals surface area contributed by atoms with Crippen molar-refractivity contribution >= 4 is 28.9 Å². The predicted octanol–water partition coefficient (Wildman–Crippen LogP) is 3.73. The van der Waals surface area contributed by atoms with Crippen molar-refractivity contribution in [3.8, 4) is 11.1 Å². The number of benzene rings is 2. The van der Waals surface area contributed by atoms with Crippen molar-refractivity contribution in [1.29, 1.82) is 0 Å². The first-order valence-electron chi connectivity index (χ1n) is 8.89. The number of carbonyl (C=O) groups excluding carboxylic acids is 2. The van der Waals surface area contributed by atoms with Gasteiger partial charge in [0.05, 0.1) is 11.4 Å². The maximum atomic E-state index is 12.8. The van der Waals surface area contributed by atoms with E-state index in [-0.39, 0.29) is 5.91 Å². The number of nitrogens with one attached hydrogen (secondary N) is 1. The molecule has 2 heterocycles. The lowest BCUT2D eigenvalue weighted by molar-refractivity contribution is -0.127. The summed E-state index contributed by atoms with van der Waals surface area (Å²) in [5.41, 5.74) is 3.68. The van der Waals surface area contributed by atoms with E-state index in [1.165, 1.54) is 5.01 Å². The summed E-state index contributed by atoms with van der Waals surface area (Å²) in [5.74, 6) is -1.69. The van der Waals surface area contributed by atoms with Gasteiger partial charge in [-0.05, 0) is 54.4 Å². The molecule has 6 heteroatoms. The molecule has 0 fully saturated rings. The highest BCUT2D eigenvalue weighted by Gasteiger charge is 2.39. The number of rotatable bonds is 4. The van der Waals surface area contributed by atoms with Crippen LogP contribution in [0.5, 0.6) is 0 Å². The third kappa shape index (κ3) is 3.40. The van der Waals surface area contributed by atoms with Crippen molar-refractivity contribution in [3.63, 3.8) is 0 Å². The van der Waals surface area contributed by atoms with E-state index in [1.54, 1.807) is 37.5 Å². The second-order valence-corrected chi connectivity index (χ2v) is 6.47. The quantitative estimate of drug-likeness (QED) is 0.711. The molecule has 1 atom stereocenters. The number of aromatic nitrogens is 1. The van der Waals surface area contributed by atoms with Crippen LogP contribution in [0.25, 0.3) is 11.1 Å². The molecule has 0 saturated heterocycles. The van der Waals surface area contributed by atoms with Gasteiger partial charge in [-0.25, -0.2) is 0 Å². The van der Waals surface area contributed by atoms with E-state index < -0.39 is 11.8 Å². The Kier molecular flexibility index (Phi) is 4.68. The molecule has 0 aliphatic carbocycles. The number of hydrogen-bond donors (Lipinski definition) is 1. The lowest BCUT2D eigenvalue weighted by Crippen LogP contribution is -2.36. The van der Waals surface area contributed by atoms with Crippen LogP contribution in [0.4, 0.5) is 11.4 Å². The summed E-state index contributed by atoms with van der Waals surface area (Å²) < 4.78 is 0. The molecule has 0 bridgehead atoms. The second kappa shape index (κ2) is 7.44. The lowest BCUT2D eigenvalue weighted by atomic mass is 10.0. The number of amides is 2. The van der Waals surface area contributed by atoms with Crippen LogP contribution in [0.1, 0.15) is 6.92 Å². The van der Waals surface area contributed by atoms with Crippen molar-refractivity contribution < 1.29 is 9.59 Å². The summed E-state index contributed by atoms with van der Waals surface area (Å²) in [5, 5.41) is 8.41. The fraction of sp³-hybridized carbons (Fsp3) is 0.0909. The van der Waals surface area contributed by atoms with E-state index in [4.69, 9.17) is 0 Å². The lowest BCUT2D eigenvalue weighted by Gasteiger charge is -2.14. The van der Waals surface area contributed by atoms with Gasteiger partial charge >= 0.3 is 0 Å². The van der Waals surface area contributed by atoms with Crippen molar-refractivity contribution in [2.24, 2.45) is 11.0 Å². The summed E-state index contributed by atoms with van der Waals surface area (Å²) in [6.07, 6.45) is 3.44. The van der Waals surface area contributed by atoms with Gasteiger partial charge in [-0.15, -0.1) is 0 Å². The molecule has 138 valence electrons. The summed E-state index contributed by atoms with van der Waals surface area (Å²) in [4.78, 5) is 29.6. The van der Waals surface area contributed by atoms with Gasteiger partial charge in [0, 0.05) is 18.1 Å². The van der Waals surface area contributed by atoms with Gasteiger partial charge in [-0.2, -0.15) is 10.1 Å². The molecular weight excluding hydrogens is 352 g/mol. The van der Waals surface area contributed by atoms with Gasteiger partial charge < -0.3 is 5.32 Å².